The lowest BCUT2D eigenvalue weighted by Crippen LogP contribution is -2.50. The molecule has 1 fully saturated rings. The van der Waals surface area contributed by atoms with E-state index in [1.807, 2.05) is 0 Å². The second-order valence-electron chi connectivity index (χ2n) is 6.65. The van der Waals surface area contributed by atoms with Gasteiger partial charge in [-0.05, 0) is 6.42 Å². The fourth-order valence-corrected chi connectivity index (χ4v) is 3.14. The first-order valence-corrected chi connectivity index (χ1v) is 8.96. The van der Waals surface area contributed by atoms with Crippen LogP contribution in [0.2, 0.25) is 0 Å². The predicted molar refractivity (Wildman–Crippen MR) is 96.5 cm³/mol. The smallest absolute Gasteiger partial charge is 0.327 e. The van der Waals surface area contributed by atoms with E-state index in [0.717, 1.165) is 0 Å². The van der Waals surface area contributed by atoms with Crippen LogP contribution < -0.4 is 11.1 Å². The number of aromatic nitrogens is 2. The molecule has 30 heavy (non-hydrogen) atoms. The number of ketones is 1. The van der Waals surface area contributed by atoms with Gasteiger partial charge in [0.2, 0.25) is 17.7 Å². The number of nitrogens with two attached hydrogens (primary N) is 1. The van der Waals surface area contributed by atoms with Crippen molar-refractivity contribution >= 4 is 35.4 Å². The van der Waals surface area contributed by atoms with E-state index in [9.17, 15) is 33.9 Å². The molecule has 0 saturated carbocycles. The third-order valence-electron chi connectivity index (χ3n) is 4.60. The van der Waals surface area contributed by atoms with Crippen LogP contribution in [0.15, 0.2) is 12.5 Å². The highest BCUT2D eigenvalue weighted by Gasteiger charge is 2.49. The maximum atomic E-state index is 12.8. The molecule has 0 spiro atoms. The summed E-state index contributed by atoms with van der Waals surface area (Å²) in [5.41, 5.74) is 5.56. The number of amides is 3. The molecule has 0 unspecified atom stereocenters. The molecule has 3 amide bonds. The van der Waals surface area contributed by atoms with Gasteiger partial charge in [-0.25, -0.2) is 9.78 Å². The number of imidazole rings is 1. The number of H-pyrrole nitrogens is 1. The molecular weight excluding hydrogens is 402 g/mol. The van der Waals surface area contributed by atoms with E-state index in [0.29, 0.717) is 10.6 Å². The molecule has 3 atom stereocenters. The Morgan fingerprint density at radius 3 is 2.53 bits per heavy atom. The summed E-state index contributed by atoms with van der Waals surface area (Å²) in [7, 11) is 0. The molecule has 0 radical (unpaired) electrons. The number of rotatable bonds is 11. The number of likely N-dealkylation sites (tertiary alicyclic amines) is 1. The second-order valence-corrected chi connectivity index (χ2v) is 6.65. The normalized spacial score (nSPS) is 18.2. The van der Waals surface area contributed by atoms with Gasteiger partial charge in [0.1, 0.15) is 12.0 Å². The fraction of sp³-hybridized carbons (Fsp3) is 0.471. The Morgan fingerprint density at radius 1 is 1.30 bits per heavy atom. The molecule has 1 aliphatic rings. The topological polar surface area (TPSA) is 213 Å². The molecule has 1 aromatic heterocycles. The van der Waals surface area contributed by atoms with Gasteiger partial charge in [0.25, 0.3) is 0 Å². The Bertz CT molecular complexity index is 852. The number of carbonyl (C=O) groups is 6. The van der Waals surface area contributed by atoms with Crippen molar-refractivity contribution in [3.05, 3.63) is 18.2 Å². The lowest BCUT2D eigenvalue weighted by atomic mass is 9.93. The van der Waals surface area contributed by atoms with Gasteiger partial charge >= 0.3 is 11.9 Å². The van der Waals surface area contributed by atoms with Crippen molar-refractivity contribution < 1.29 is 39.0 Å². The van der Waals surface area contributed by atoms with Crippen molar-refractivity contribution in [2.75, 3.05) is 6.54 Å². The first-order valence-electron chi connectivity index (χ1n) is 8.96. The van der Waals surface area contributed by atoms with Crippen molar-refractivity contribution in [2.24, 2.45) is 11.7 Å². The standard InChI is InChI=1S/C17H21N5O8/c18-5-12(23)21-10(1-2-14(25)26)15(27)9-4-13(24)22(16(9)28)11(17(29)30)3-8-6-19-7-20-8/h6-7,9-11H,1-5,18H2,(H,19,20)(H,21,23)(H,25,26)(H,29,30)/t9-,10+,11+/m1/s1. The third kappa shape index (κ3) is 5.26. The molecule has 0 aliphatic carbocycles. The molecule has 13 heteroatoms. The molecule has 2 rings (SSSR count). The number of nitrogens with one attached hydrogen (secondary N) is 2. The quantitative estimate of drug-likeness (QED) is 0.189. The Balaban J connectivity index is 2.22. The van der Waals surface area contributed by atoms with E-state index >= 15 is 0 Å². The zero-order valence-electron chi connectivity index (χ0n) is 15.7. The highest BCUT2D eigenvalue weighted by atomic mass is 16.4. The van der Waals surface area contributed by atoms with Gasteiger partial charge in [-0.1, -0.05) is 0 Å². The number of imide groups is 1. The Kier molecular flexibility index (Phi) is 7.36. The van der Waals surface area contributed by atoms with E-state index in [2.05, 4.69) is 15.3 Å². The Labute approximate surface area is 169 Å². The zero-order valence-corrected chi connectivity index (χ0v) is 15.7. The van der Waals surface area contributed by atoms with Crippen LogP contribution in [0.5, 0.6) is 0 Å². The summed E-state index contributed by atoms with van der Waals surface area (Å²) in [6.07, 6.45) is 1.05. The number of nitrogens with zero attached hydrogens (tertiary/aromatic N) is 2. The van der Waals surface area contributed by atoms with E-state index < -0.39 is 72.8 Å². The zero-order chi connectivity index (χ0) is 22.4. The number of carboxylic acids is 2. The Morgan fingerprint density at radius 2 is 2.00 bits per heavy atom. The van der Waals surface area contributed by atoms with Crippen LogP contribution >= 0.6 is 0 Å². The van der Waals surface area contributed by atoms with E-state index in [4.69, 9.17) is 10.8 Å². The van der Waals surface area contributed by atoms with Gasteiger partial charge in [0.15, 0.2) is 5.78 Å². The minimum atomic E-state index is -1.56. The highest BCUT2D eigenvalue weighted by molar-refractivity contribution is 6.17. The van der Waals surface area contributed by atoms with Crippen LogP contribution in [-0.2, 0) is 35.2 Å². The van der Waals surface area contributed by atoms with Gasteiger partial charge in [0, 0.05) is 31.2 Å². The van der Waals surface area contributed by atoms with Gasteiger partial charge in [-0.2, -0.15) is 0 Å². The van der Waals surface area contributed by atoms with Crippen LogP contribution in [0, 0.1) is 5.92 Å². The monoisotopic (exact) mass is 423 g/mol. The van der Waals surface area contributed by atoms with Crippen molar-refractivity contribution in [2.45, 2.75) is 37.8 Å². The summed E-state index contributed by atoms with van der Waals surface area (Å²) >= 11 is 0. The molecule has 0 bridgehead atoms. The minimum absolute atomic E-state index is 0.236. The summed E-state index contributed by atoms with van der Waals surface area (Å²) in [5, 5.41) is 20.6. The molecule has 2 heterocycles. The minimum Gasteiger partial charge on any atom is -0.481 e. The van der Waals surface area contributed by atoms with Gasteiger partial charge in [-0.15, -0.1) is 0 Å². The van der Waals surface area contributed by atoms with E-state index in [1.165, 1.54) is 12.5 Å². The number of hydrogen-bond donors (Lipinski definition) is 5. The van der Waals surface area contributed by atoms with Crippen molar-refractivity contribution in [3.8, 4) is 0 Å². The molecular formula is C17H21N5O8. The van der Waals surface area contributed by atoms with E-state index in [-0.39, 0.29) is 12.8 Å². The molecule has 6 N–H and O–H groups in total. The molecule has 1 aliphatic heterocycles. The van der Waals surface area contributed by atoms with Crippen LogP contribution in [0.25, 0.3) is 0 Å². The van der Waals surface area contributed by atoms with Crippen molar-refractivity contribution in [1.29, 1.82) is 0 Å². The summed E-state index contributed by atoms with van der Waals surface area (Å²) in [5.74, 6) is -7.68. The maximum absolute atomic E-state index is 12.8. The van der Waals surface area contributed by atoms with Crippen LogP contribution in [0.3, 0.4) is 0 Å². The third-order valence-corrected chi connectivity index (χ3v) is 4.60. The molecule has 1 saturated heterocycles. The molecule has 162 valence electrons. The SMILES string of the molecule is NCC(=O)N[C@@H](CCC(=O)O)C(=O)[C@H]1CC(=O)N([C@@H](Cc2cnc[nH]2)C(=O)O)C1=O. The average molecular weight is 423 g/mol. The van der Waals surface area contributed by atoms with Gasteiger partial charge < -0.3 is 26.2 Å². The van der Waals surface area contributed by atoms with Crippen molar-refractivity contribution in [3.63, 3.8) is 0 Å². The predicted octanol–water partition coefficient (Wildman–Crippen LogP) is -2.34. The van der Waals surface area contributed by atoms with Crippen LogP contribution in [0.4, 0.5) is 0 Å². The van der Waals surface area contributed by atoms with Crippen LogP contribution in [0.1, 0.15) is 25.0 Å². The number of aliphatic carboxylic acids is 2. The highest BCUT2D eigenvalue weighted by Crippen LogP contribution is 2.26. The molecule has 13 nitrogen and oxygen atoms in total. The second kappa shape index (κ2) is 9.73. The lowest BCUT2D eigenvalue weighted by Gasteiger charge is -2.23. The first-order chi connectivity index (χ1) is 14.1. The largest absolute Gasteiger partial charge is 0.481 e. The van der Waals surface area contributed by atoms with E-state index in [1.54, 1.807) is 0 Å². The first kappa shape index (κ1) is 22.7. The van der Waals surface area contributed by atoms with Gasteiger partial charge in [0.05, 0.1) is 18.9 Å². The fourth-order valence-electron chi connectivity index (χ4n) is 3.14. The number of carbonyl (C=O) groups excluding carboxylic acids is 4. The van der Waals surface area contributed by atoms with Gasteiger partial charge in [-0.3, -0.25) is 28.9 Å². The molecule has 0 aromatic carbocycles. The van der Waals surface area contributed by atoms with Crippen molar-refractivity contribution in [1.82, 2.24) is 20.2 Å². The summed E-state index contributed by atoms with van der Waals surface area (Å²) in [4.78, 5) is 79.0. The molecule has 1 aromatic rings. The number of Topliss-reactive ketones (excluding diaryl/α,β-unsaturated/α-hetero) is 1. The summed E-state index contributed by atoms with van der Waals surface area (Å²) in [6, 6.07) is -2.91. The average Bonchev–Trinajstić information content (AvgIpc) is 3.30. The number of aromatic amines is 1. The summed E-state index contributed by atoms with van der Waals surface area (Å²) < 4.78 is 0. The van der Waals surface area contributed by atoms with Crippen LogP contribution in [-0.4, -0.2) is 79.2 Å². The number of carboxylic acid groups (broad SMARTS) is 2. The summed E-state index contributed by atoms with van der Waals surface area (Å²) in [6.45, 7) is -0.466. The lowest BCUT2D eigenvalue weighted by molar-refractivity contribution is -0.155. The number of hydrogen-bond acceptors (Lipinski definition) is 8. The Hall–Kier alpha value is -3.61. The maximum Gasteiger partial charge on any atom is 0.327 e.